The van der Waals surface area contributed by atoms with Gasteiger partial charge in [-0.15, -0.1) is 0 Å². The van der Waals surface area contributed by atoms with Gasteiger partial charge in [-0.2, -0.15) is 17.6 Å². The third-order valence-electron chi connectivity index (χ3n) is 2.48. The van der Waals surface area contributed by atoms with Crippen LogP contribution in [0.5, 0.6) is 11.5 Å². The number of alkyl halides is 3. The van der Waals surface area contributed by atoms with Crippen LogP contribution < -0.4 is 10.5 Å². The van der Waals surface area contributed by atoms with E-state index in [-0.39, 0.29) is 11.4 Å². The van der Waals surface area contributed by atoms with Crippen molar-refractivity contribution in [2.75, 3.05) is 5.73 Å². The second-order valence-corrected chi connectivity index (χ2v) is 3.90. The van der Waals surface area contributed by atoms with Crippen LogP contribution in [0.15, 0.2) is 36.4 Å². The Morgan fingerprint density at radius 1 is 0.900 bits per heavy atom. The molecule has 0 saturated heterocycles. The van der Waals surface area contributed by atoms with Crippen molar-refractivity contribution in [3.05, 3.63) is 53.6 Å². The van der Waals surface area contributed by atoms with Crippen molar-refractivity contribution < 1.29 is 26.7 Å². The van der Waals surface area contributed by atoms with Crippen LogP contribution in [0.4, 0.5) is 27.6 Å². The van der Waals surface area contributed by atoms with E-state index in [1.54, 1.807) is 0 Å². The lowest BCUT2D eigenvalue weighted by molar-refractivity contribution is -0.137. The predicted molar refractivity (Wildman–Crippen MR) is 62.3 cm³/mol. The number of rotatable bonds is 2. The minimum absolute atomic E-state index is 0.0887. The standard InChI is InChI=1S/C13H8F5NO/c14-9-5-6-10(19)12(11(9)15)20-8-3-1-7(2-4-8)13(16,17)18/h1-6H,19H2. The van der Waals surface area contributed by atoms with Crippen molar-refractivity contribution in [1.82, 2.24) is 0 Å². The Labute approximate surface area is 110 Å². The molecule has 0 radical (unpaired) electrons. The summed E-state index contributed by atoms with van der Waals surface area (Å²) in [7, 11) is 0. The zero-order chi connectivity index (χ0) is 14.9. The van der Waals surface area contributed by atoms with E-state index in [4.69, 9.17) is 10.5 Å². The number of hydrogen-bond donors (Lipinski definition) is 1. The van der Waals surface area contributed by atoms with Gasteiger partial charge in [-0.05, 0) is 36.4 Å². The summed E-state index contributed by atoms with van der Waals surface area (Å²) in [5, 5.41) is 0. The third-order valence-corrected chi connectivity index (χ3v) is 2.48. The predicted octanol–water partition coefficient (Wildman–Crippen LogP) is 4.36. The number of halogens is 5. The molecule has 20 heavy (non-hydrogen) atoms. The van der Waals surface area contributed by atoms with Crippen molar-refractivity contribution in [3.63, 3.8) is 0 Å². The number of benzene rings is 2. The lowest BCUT2D eigenvalue weighted by atomic mass is 10.2. The molecule has 0 aliphatic carbocycles. The van der Waals surface area contributed by atoms with E-state index < -0.39 is 29.1 Å². The molecule has 0 fully saturated rings. The van der Waals surface area contributed by atoms with Gasteiger partial charge in [0.15, 0.2) is 11.6 Å². The molecule has 0 unspecified atom stereocenters. The summed E-state index contributed by atoms with van der Waals surface area (Å²) < 4.78 is 68.5. The Bertz CT molecular complexity index is 622. The number of anilines is 1. The first-order valence-electron chi connectivity index (χ1n) is 5.37. The second kappa shape index (κ2) is 4.99. The highest BCUT2D eigenvalue weighted by Crippen LogP contribution is 2.34. The highest BCUT2D eigenvalue weighted by molar-refractivity contribution is 5.54. The van der Waals surface area contributed by atoms with Gasteiger partial charge in [-0.1, -0.05) is 0 Å². The molecule has 2 aromatic rings. The summed E-state index contributed by atoms with van der Waals surface area (Å²) in [4.78, 5) is 0. The van der Waals surface area contributed by atoms with Crippen molar-refractivity contribution in [2.45, 2.75) is 6.18 Å². The monoisotopic (exact) mass is 289 g/mol. The largest absolute Gasteiger partial charge is 0.452 e. The zero-order valence-corrected chi connectivity index (χ0v) is 9.84. The Morgan fingerprint density at radius 3 is 2.05 bits per heavy atom. The first kappa shape index (κ1) is 14.1. The molecule has 0 atom stereocenters. The van der Waals surface area contributed by atoms with E-state index in [0.717, 1.165) is 36.4 Å². The molecule has 106 valence electrons. The van der Waals surface area contributed by atoms with Crippen LogP contribution >= 0.6 is 0 Å². The molecule has 0 amide bonds. The van der Waals surface area contributed by atoms with Crippen LogP contribution in [0, 0.1) is 11.6 Å². The van der Waals surface area contributed by atoms with Gasteiger partial charge in [-0.3, -0.25) is 0 Å². The number of nitrogen functional groups attached to an aromatic ring is 1. The van der Waals surface area contributed by atoms with E-state index in [1.165, 1.54) is 0 Å². The fraction of sp³-hybridized carbons (Fsp3) is 0.0769. The summed E-state index contributed by atoms with van der Waals surface area (Å²) in [5.74, 6) is -3.12. The molecule has 0 bridgehead atoms. The van der Waals surface area contributed by atoms with Crippen molar-refractivity contribution >= 4 is 5.69 Å². The molecule has 2 nitrogen and oxygen atoms in total. The maximum Gasteiger partial charge on any atom is 0.416 e. The summed E-state index contributed by atoms with van der Waals surface area (Å²) in [6.45, 7) is 0. The Kier molecular flexibility index (Phi) is 3.52. The molecule has 0 aromatic heterocycles. The molecule has 0 heterocycles. The zero-order valence-electron chi connectivity index (χ0n) is 9.84. The molecule has 0 aliphatic rings. The summed E-state index contributed by atoms with van der Waals surface area (Å²) in [5.41, 5.74) is 4.39. The molecule has 0 aliphatic heterocycles. The van der Waals surface area contributed by atoms with Crippen LogP contribution in [0.1, 0.15) is 5.56 Å². The molecule has 2 rings (SSSR count). The third kappa shape index (κ3) is 2.81. The lowest BCUT2D eigenvalue weighted by Crippen LogP contribution is -2.04. The van der Waals surface area contributed by atoms with Crippen molar-refractivity contribution in [3.8, 4) is 11.5 Å². The molecule has 2 aromatic carbocycles. The smallest absolute Gasteiger partial charge is 0.416 e. The second-order valence-electron chi connectivity index (χ2n) is 3.90. The molecule has 2 N–H and O–H groups in total. The summed E-state index contributed by atoms with van der Waals surface area (Å²) in [6.07, 6.45) is -4.48. The van der Waals surface area contributed by atoms with Gasteiger partial charge < -0.3 is 10.5 Å². The van der Waals surface area contributed by atoms with Gasteiger partial charge in [0, 0.05) is 0 Å². The average Bonchev–Trinajstić information content (AvgIpc) is 2.39. The molecule has 7 heteroatoms. The maximum atomic E-state index is 13.5. The van der Waals surface area contributed by atoms with E-state index >= 15 is 0 Å². The van der Waals surface area contributed by atoms with Gasteiger partial charge >= 0.3 is 6.18 Å². The first-order valence-corrected chi connectivity index (χ1v) is 5.37. The fourth-order valence-corrected chi connectivity index (χ4v) is 1.48. The van der Waals surface area contributed by atoms with Crippen LogP contribution in [-0.4, -0.2) is 0 Å². The van der Waals surface area contributed by atoms with Gasteiger partial charge in [0.1, 0.15) is 5.75 Å². The topological polar surface area (TPSA) is 35.2 Å². The van der Waals surface area contributed by atoms with Crippen molar-refractivity contribution in [1.29, 1.82) is 0 Å². The lowest BCUT2D eigenvalue weighted by Gasteiger charge is -2.11. The van der Waals surface area contributed by atoms with E-state index in [2.05, 4.69) is 0 Å². The van der Waals surface area contributed by atoms with Crippen LogP contribution in [-0.2, 0) is 6.18 Å². The van der Waals surface area contributed by atoms with Gasteiger partial charge in [0.05, 0.1) is 11.3 Å². The fourth-order valence-electron chi connectivity index (χ4n) is 1.48. The Morgan fingerprint density at radius 2 is 1.50 bits per heavy atom. The van der Waals surface area contributed by atoms with E-state index in [9.17, 15) is 22.0 Å². The maximum absolute atomic E-state index is 13.5. The summed E-state index contributed by atoms with van der Waals surface area (Å²) >= 11 is 0. The first-order chi connectivity index (χ1) is 9.29. The minimum atomic E-state index is -4.48. The van der Waals surface area contributed by atoms with Crippen molar-refractivity contribution in [2.24, 2.45) is 0 Å². The van der Waals surface area contributed by atoms with E-state index in [1.807, 2.05) is 0 Å². The molecule has 0 spiro atoms. The quantitative estimate of drug-likeness (QED) is 0.658. The Hall–Kier alpha value is -2.31. The summed E-state index contributed by atoms with van der Waals surface area (Å²) in [6, 6.07) is 5.44. The number of ether oxygens (including phenoxy) is 1. The number of hydrogen-bond acceptors (Lipinski definition) is 2. The Balaban J connectivity index is 2.30. The highest BCUT2D eigenvalue weighted by atomic mass is 19.4. The van der Waals surface area contributed by atoms with Gasteiger partial charge in [0.2, 0.25) is 5.82 Å². The number of nitrogens with two attached hydrogens (primary N) is 1. The van der Waals surface area contributed by atoms with Gasteiger partial charge in [0.25, 0.3) is 0 Å². The van der Waals surface area contributed by atoms with Gasteiger partial charge in [-0.25, -0.2) is 4.39 Å². The van der Waals surface area contributed by atoms with Crippen LogP contribution in [0.2, 0.25) is 0 Å². The minimum Gasteiger partial charge on any atom is -0.452 e. The molecular weight excluding hydrogens is 281 g/mol. The highest BCUT2D eigenvalue weighted by Gasteiger charge is 2.30. The van der Waals surface area contributed by atoms with Crippen LogP contribution in [0.25, 0.3) is 0 Å². The van der Waals surface area contributed by atoms with Crippen LogP contribution in [0.3, 0.4) is 0 Å². The molecular formula is C13H8F5NO. The average molecular weight is 289 g/mol. The molecule has 0 saturated carbocycles. The SMILES string of the molecule is Nc1ccc(F)c(F)c1Oc1ccc(C(F)(F)F)cc1. The van der Waals surface area contributed by atoms with E-state index in [0.29, 0.717) is 0 Å². The normalized spacial score (nSPS) is 11.4.